The van der Waals surface area contributed by atoms with Gasteiger partial charge in [0.2, 0.25) is 5.43 Å². The smallest absolute Gasteiger partial charge is 0.341 e. The lowest BCUT2D eigenvalue weighted by Gasteiger charge is -2.12. The highest BCUT2D eigenvalue weighted by Gasteiger charge is 2.28. The molecule has 1 aromatic heterocycles. The predicted octanol–water partition coefficient (Wildman–Crippen LogP) is 1.85. The first-order chi connectivity index (χ1) is 9.52. The van der Waals surface area contributed by atoms with E-state index in [1.54, 1.807) is 4.57 Å². The lowest BCUT2D eigenvalue weighted by atomic mass is 10.1. The summed E-state index contributed by atoms with van der Waals surface area (Å²) in [6.07, 6.45) is 2.90. The molecule has 2 aromatic rings. The molecule has 1 aliphatic rings. The summed E-state index contributed by atoms with van der Waals surface area (Å²) in [7, 11) is 0. The van der Waals surface area contributed by atoms with Gasteiger partial charge in [-0.2, -0.15) is 5.26 Å². The fourth-order valence-corrected chi connectivity index (χ4v) is 2.27. The van der Waals surface area contributed by atoms with Gasteiger partial charge in [0.25, 0.3) is 0 Å². The Labute approximate surface area is 112 Å². The molecule has 1 fully saturated rings. The molecule has 20 heavy (non-hydrogen) atoms. The Morgan fingerprint density at radius 3 is 2.80 bits per heavy atom. The van der Waals surface area contributed by atoms with E-state index in [0.717, 1.165) is 18.9 Å². The summed E-state index contributed by atoms with van der Waals surface area (Å²) >= 11 is 0. The molecule has 1 N–H and O–H groups in total. The summed E-state index contributed by atoms with van der Waals surface area (Å²) in [5, 5.41) is 18.1. The summed E-state index contributed by atoms with van der Waals surface area (Å²) < 4.78 is 15.0. The highest BCUT2D eigenvalue weighted by molar-refractivity contribution is 5.94. The van der Waals surface area contributed by atoms with E-state index in [0.29, 0.717) is 0 Å². The maximum Gasteiger partial charge on any atom is 0.341 e. The number of carboxylic acid groups (broad SMARTS) is 1. The lowest BCUT2D eigenvalue weighted by Crippen LogP contribution is -2.19. The Kier molecular flexibility index (Phi) is 2.57. The van der Waals surface area contributed by atoms with Gasteiger partial charge in [-0.1, -0.05) is 0 Å². The summed E-state index contributed by atoms with van der Waals surface area (Å²) in [5.41, 5.74) is -1.03. The molecule has 1 saturated carbocycles. The van der Waals surface area contributed by atoms with Gasteiger partial charge in [0.15, 0.2) is 0 Å². The van der Waals surface area contributed by atoms with Gasteiger partial charge in [0, 0.05) is 18.3 Å². The monoisotopic (exact) mass is 271 g/mol. The van der Waals surface area contributed by atoms with E-state index in [1.165, 1.54) is 6.20 Å². The van der Waals surface area contributed by atoms with Crippen molar-refractivity contribution in [3.63, 3.8) is 0 Å². The van der Waals surface area contributed by atoms with Crippen molar-refractivity contribution in [3.05, 3.63) is 45.5 Å². The van der Waals surface area contributed by atoms with Crippen LogP contribution in [0.2, 0.25) is 0 Å². The minimum absolute atomic E-state index is 0.0437. The molecule has 0 bridgehead atoms. The predicted molar refractivity (Wildman–Crippen MR) is 66.9 cm³/mol. The third-order valence-corrected chi connectivity index (χ3v) is 3.31. The number of nitrogens with zero attached hydrogens (tertiary/aromatic N) is 2. The van der Waals surface area contributed by atoms with Gasteiger partial charge in [0.1, 0.15) is 17.4 Å². The molecule has 3 rings (SSSR count). The molecule has 99 valence electrons. The van der Waals surface area contributed by atoms with Crippen molar-refractivity contribution in [2.45, 2.75) is 18.9 Å². The highest BCUT2D eigenvalue weighted by atomic mass is 19.1. The molecule has 0 aliphatic heterocycles. The quantitative estimate of drug-likeness (QED) is 0.903. The number of nitriles is 1. The molecular weight excluding hydrogens is 263 g/mol. The van der Waals surface area contributed by atoms with E-state index in [1.807, 2.05) is 6.07 Å². The minimum atomic E-state index is -1.36. The van der Waals surface area contributed by atoms with Gasteiger partial charge >= 0.3 is 5.97 Å². The van der Waals surface area contributed by atoms with Gasteiger partial charge in [-0.3, -0.25) is 4.79 Å². The van der Waals surface area contributed by atoms with Crippen LogP contribution in [0.25, 0.3) is 10.9 Å². The van der Waals surface area contributed by atoms with E-state index >= 15 is 0 Å². The number of fused-ring (bicyclic) bond motifs is 1. The van der Waals surface area contributed by atoms with Crippen LogP contribution in [0, 0.1) is 23.2 Å². The molecule has 1 heterocycles. The molecular formula is C14H8FN2O3. The van der Waals surface area contributed by atoms with Crippen molar-refractivity contribution < 1.29 is 14.3 Å². The third-order valence-electron chi connectivity index (χ3n) is 3.31. The van der Waals surface area contributed by atoms with Crippen LogP contribution in [-0.4, -0.2) is 15.6 Å². The molecule has 0 amide bonds. The van der Waals surface area contributed by atoms with Gasteiger partial charge < -0.3 is 9.67 Å². The Morgan fingerprint density at radius 2 is 2.25 bits per heavy atom. The van der Waals surface area contributed by atoms with Crippen LogP contribution in [0.3, 0.4) is 0 Å². The van der Waals surface area contributed by atoms with Gasteiger partial charge in [-0.15, -0.1) is 0 Å². The van der Waals surface area contributed by atoms with Crippen molar-refractivity contribution in [1.82, 2.24) is 4.57 Å². The van der Waals surface area contributed by atoms with Gasteiger partial charge in [-0.05, 0) is 18.9 Å². The molecule has 0 atom stereocenters. The normalized spacial score (nSPS) is 14.2. The average molecular weight is 271 g/mol. The number of carbonyl (C=O) groups is 1. The summed E-state index contributed by atoms with van der Waals surface area (Å²) in [5.74, 6) is -2.21. The summed E-state index contributed by atoms with van der Waals surface area (Å²) in [6, 6.07) is 5.05. The zero-order valence-electron chi connectivity index (χ0n) is 10.2. The summed E-state index contributed by atoms with van der Waals surface area (Å²) in [4.78, 5) is 23.2. The first-order valence-corrected chi connectivity index (χ1v) is 5.97. The van der Waals surface area contributed by atoms with Crippen LogP contribution >= 0.6 is 0 Å². The Hall–Kier alpha value is -2.68. The fourth-order valence-electron chi connectivity index (χ4n) is 2.27. The number of rotatable bonds is 2. The maximum absolute atomic E-state index is 13.4. The van der Waals surface area contributed by atoms with Crippen LogP contribution in [0.5, 0.6) is 0 Å². The van der Waals surface area contributed by atoms with E-state index in [-0.39, 0.29) is 22.5 Å². The number of hydrogen-bond donors (Lipinski definition) is 1. The van der Waals surface area contributed by atoms with E-state index in [2.05, 4.69) is 6.07 Å². The Balaban J connectivity index is 2.52. The zero-order chi connectivity index (χ0) is 14.4. The number of aromatic nitrogens is 1. The molecule has 1 aromatic carbocycles. The van der Waals surface area contributed by atoms with Crippen molar-refractivity contribution in [3.8, 4) is 6.07 Å². The SMILES string of the molecule is N#Cc1[c]c(F)cc2c(=O)c(C(=O)O)cn(C3CC3)c12. The van der Waals surface area contributed by atoms with Gasteiger partial charge in [-0.25, -0.2) is 9.18 Å². The van der Waals surface area contributed by atoms with Crippen LogP contribution in [0.4, 0.5) is 4.39 Å². The molecule has 5 nitrogen and oxygen atoms in total. The Morgan fingerprint density at radius 1 is 1.55 bits per heavy atom. The Bertz CT molecular complexity index is 844. The number of pyridine rings is 1. The second kappa shape index (κ2) is 4.17. The maximum atomic E-state index is 13.4. The number of halogens is 1. The zero-order valence-corrected chi connectivity index (χ0v) is 10.2. The standard InChI is InChI=1S/C14H8FN2O3/c15-8-3-7(5-16)12-10(4-8)13(18)11(14(19)20)6-17(12)9-1-2-9/h4,6,9H,1-2H2,(H,19,20). The van der Waals surface area contributed by atoms with Crippen molar-refractivity contribution in [2.75, 3.05) is 0 Å². The van der Waals surface area contributed by atoms with Crippen LogP contribution in [0.1, 0.15) is 34.8 Å². The van der Waals surface area contributed by atoms with Gasteiger partial charge in [0.05, 0.1) is 16.5 Å². The molecule has 1 radical (unpaired) electrons. The largest absolute Gasteiger partial charge is 0.477 e. The third kappa shape index (κ3) is 1.75. The molecule has 1 aliphatic carbocycles. The van der Waals surface area contributed by atoms with E-state index in [4.69, 9.17) is 10.4 Å². The van der Waals surface area contributed by atoms with Crippen LogP contribution in [0.15, 0.2) is 17.1 Å². The van der Waals surface area contributed by atoms with E-state index in [9.17, 15) is 14.0 Å². The molecule has 0 spiro atoms. The van der Waals surface area contributed by atoms with Crippen molar-refractivity contribution >= 4 is 16.9 Å². The van der Waals surface area contributed by atoms with E-state index < -0.39 is 22.8 Å². The van der Waals surface area contributed by atoms with Crippen LogP contribution in [-0.2, 0) is 0 Å². The fraction of sp³-hybridized carbons (Fsp3) is 0.214. The second-order valence-corrected chi connectivity index (χ2v) is 4.68. The number of benzene rings is 1. The van der Waals surface area contributed by atoms with Crippen LogP contribution < -0.4 is 5.43 Å². The highest BCUT2D eigenvalue weighted by Crippen LogP contribution is 2.37. The molecule has 6 heteroatoms. The number of carboxylic acids is 1. The summed E-state index contributed by atoms with van der Waals surface area (Å²) in [6.45, 7) is 0. The minimum Gasteiger partial charge on any atom is -0.477 e. The first-order valence-electron chi connectivity index (χ1n) is 5.97. The topological polar surface area (TPSA) is 83.1 Å². The van der Waals surface area contributed by atoms with Crippen molar-refractivity contribution in [1.29, 1.82) is 5.26 Å². The molecule has 0 unspecified atom stereocenters. The number of hydrogen-bond acceptors (Lipinski definition) is 3. The van der Waals surface area contributed by atoms with Crippen molar-refractivity contribution in [2.24, 2.45) is 0 Å². The average Bonchev–Trinajstić information content (AvgIpc) is 3.22. The second-order valence-electron chi connectivity index (χ2n) is 4.68. The molecule has 0 saturated heterocycles. The lowest BCUT2D eigenvalue weighted by molar-refractivity contribution is 0.0695. The number of aromatic carboxylic acids is 1. The first kappa shape index (κ1) is 12.4.